The number of hydrogen-bond donors (Lipinski definition) is 4. The van der Waals surface area contributed by atoms with Crippen LogP contribution >= 0.6 is 0 Å². The highest BCUT2D eigenvalue weighted by Crippen LogP contribution is 2.75. The van der Waals surface area contributed by atoms with E-state index in [2.05, 4.69) is 27.7 Å². The minimum Gasteiger partial charge on any atom is -0.504 e. The third-order valence-electron chi connectivity index (χ3n) is 11.9. The zero-order chi connectivity index (χ0) is 27.6. The van der Waals surface area contributed by atoms with Gasteiger partial charge in [-0.05, 0) is 104 Å². The highest BCUT2D eigenvalue weighted by atomic mass is 32.2. The van der Waals surface area contributed by atoms with Crippen LogP contribution < -0.4 is 0 Å². The number of hydrogen-bond acceptors (Lipinski definition) is 5. The van der Waals surface area contributed by atoms with Gasteiger partial charge in [-0.2, -0.15) is 8.42 Å². The lowest BCUT2D eigenvalue weighted by Crippen LogP contribution is -2.62. The summed E-state index contributed by atoms with van der Waals surface area (Å²) in [4.78, 5) is 12.3. The Morgan fingerprint density at radius 1 is 0.973 bits per heavy atom. The molecule has 3 fully saturated rings. The smallest absolute Gasteiger partial charge is 0.309 e. The van der Waals surface area contributed by atoms with Gasteiger partial charge in [0.25, 0.3) is 10.1 Å². The molecule has 4 aliphatic carbocycles. The molecule has 0 saturated heterocycles. The van der Waals surface area contributed by atoms with Crippen molar-refractivity contribution in [3.05, 3.63) is 34.4 Å². The number of rotatable bonds is 2. The second-order valence-corrected chi connectivity index (χ2v) is 15.2. The van der Waals surface area contributed by atoms with Gasteiger partial charge < -0.3 is 15.3 Å². The summed E-state index contributed by atoms with van der Waals surface area (Å²) in [6.45, 7) is 12.3. The van der Waals surface area contributed by atoms with Gasteiger partial charge in [-0.1, -0.05) is 39.3 Å². The number of allylic oxidation sites excluding steroid dienone is 1. The van der Waals surface area contributed by atoms with Gasteiger partial charge in [0.2, 0.25) is 0 Å². The molecule has 37 heavy (non-hydrogen) atoms. The lowest BCUT2D eigenvalue weighted by molar-refractivity contribution is -0.177. The number of carboxylic acid groups (broad SMARTS) is 1. The van der Waals surface area contributed by atoms with Gasteiger partial charge in [0, 0.05) is 5.41 Å². The van der Waals surface area contributed by atoms with Gasteiger partial charge in [0.05, 0.1) is 5.41 Å². The Hall–Kier alpha value is -2.06. The van der Waals surface area contributed by atoms with Gasteiger partial charge >= 0.3 is 5.97 Å². The van der Waals surface area contributed by atoms with Gasteiger partial charge in [-0.25, -0.2) is 0 Å². The van der Waals surface area contributed by atoms with Crippen LogP contribution in [0.15, 0.2) is 17.7 Å². The molecule has 0 radical (unpaired) electrons. The van der Waals surface area contributed by atoms with Gasteiger partial charge in [0.15, 0.2) is 11.5 Å². The zero-order valence-corrected chi connectivity index (χ0v) is 23.5. The summed E-state index contributed by atoms with van der Waals surface area (Å²) < 4.78 is 35.9. The number of aliphatic carboxylic acids is 1. The fourth-order valence-electron chi connectivity index (χ4n) is 9.12. The Bertz CT molecular complexity index is 1350. The van der Waals surface area contributed by atoms with Crippen molar-refractivity contribution in [2.24, 2.45) is 27.6 Å². The van der Waals surface area contributed by atoms with Crippen molar-refractivity contribution >= 4 is 16.1 Å². The van der Waals surface area contributed by atoms with Crippen molar-refractivity contribution in [3.8, 4) is 11.5 Å². The summed E-state index contributed by atoms with van der Waals surface area (Å²) in [5.41, 5.74) is 0.0695. The number of fused-ring (bicyclic) bond motifs is 7. The topological polar surface area (TPSA) is 132 Å². The van der Waals surface area contributed by atoms with Gasteiger partial charge in [0.1, 0.15) is 5.25 Å². The van der Waals surface area contributed by atoms with E-state index in [1.54, 1.807) is 13.0 Å². The molecule has 0 aliphatic heterocycles. The van der Waals surface area contributed by atoms with E-state index in [0.717, 1.165) is 31.3 Å². The van der Waals surface area contributed by atoms with Crippen molar-refractivity contribution in [2.75, 3.05) is 0 Å². The number of phenolic OH excluding ortho intramolecular Hbond substituents is 2. The van der Waals surface area contributed by atoms with E-state index >= 15 is 0 Å². The molecular weight excluding hydrogens is 492 g/mol. The lowest BCUT2D eigenvalue weighted by Gasteiger charge is -2.70. The van der Waals surface area contributed by atoms with Crippen molar-refractivity contribution in [1.29, 1.82) is 0 Å². The van der Waals surface area contributed by atoms with Crippen LogP contribution in [0.1, 0.15) is 102 Å². The third-order valence-corrected chi connectivity index (χ3v) is 12.9. The number of phenols is 2. The summed E-state index contributed by atoms with van der Waals surface area (Å²) in [6, 6.07) is 1.48. The molecule has 1 aromatic carbocycles. The van der Waals surface area contributed by atoms with Crippen LogP contribution in [0.4, 0.5) is 0 Å². The monoisotopic (exact) mass is 532 g/mol. The third kappa shape index (κ3) is 3.27. The molecule has 4 aliphatic rings. The first kappa shape index (κ1) is 26.5. The molecule has 7 nitrogen and oxygen atoms in total. The molecule has 204 valence electrons. The molecular formula is C29H40O7S. The minimum absolute atomic E-state index is 0.00714. The number of carboxylic acids is 1. The normalized spacial score (nSPS) is 43.1. The number of carbonyl (C=O) groups is 1. The number of benzene rings is 1. The first-order chi connectivity index (χ1) is 16.8. The fraction of sp³-hybridized carbons (Fsp3) is 0.690. The number of aromatic hydroxyl groups is 2. The van der Waals surface area contributed by atoms with E-state index in [-0.39, 0.29) is 33.8 Å². The molecule has 0 amide bonds. The second kappa shape index (κ2) is 7.53. The summed E-state index contributed by atoms with van der Waals surface area (Å²) in [6.07, 6.45) is 7.06. The molecule has 5 rings (SSSR count). The van der Waals surface area contributed by atoms with Gasteiger partial charge in [-0.15, -0.1) is 0 Å². The largest absolute Gasteiger partial charge is 0.504 e. The average Bonchev–Trinajstić information content (AvgIpc) is 2.80. The Labute approximate surface area is 219 Å². The van der Waals surface area contributed by atoms with E-state index in [1.165, 1.54) is 6.07 Å². The van der Waals surface area contributed by atoms with Crippen molar-refractivity contribution in [2.45, 2.75) is 97.2 Å². The Morgan fingerprint density at radius 2 is 1.59 bits per heavy atom. The fourth-order valence-corrected chi connectivity index (χ4v) is 10.0. The van der Waals surface area contributed by atoms with E-state index in [1.807, 2.05) is 6.92 Å². The lowest BCUT2D eigenvalue weighted by atomic mass is 9.34. The highest BCUT2D eigenvalue weighted by Gasteiger charge is 2.67. The Balaban J connectivity index is 1.74. The molecule has 1 aromatic rings. The molecule has 4 N–H and O–H groups in total. The first-order valence-electron chi connectivity index (χ1n) is 13.3. The summed E-state index contributed by atoms with van der Waals surface area (Å²) >= 11 is 0. The molecule has 7 atom stereocenters. The zero-order valence-electron chi connectivity index (χ0n) is 22.7. The van der Waals surface area contributed by atoms with Crippen LogP contribution in [0.5, 0.6) is 11.5 Å². The summed E-state index contributed by atoms with van der Waals surface area (Å²) in [5.74, 6) is -1.29. The minimum atomic E-state index is -4.57. The van der Waals surface area contributed by atoms with E-state index in [0.29, 0.717) is 30.4 Å². The molecule has 0 aromatic heterocycles. The Morgan fingerprint density at radius 3 is 2.19 bits per heavy atom. The summed E-state index contributed by atoms with van der Waals surface area (Å²) in [5, 5.41) is 29.8. The second-order valence-electron chi connectivity index (χ2n) is 13.7. The SMILES string of the molecule is Cc1c(O)c(O)cc2c1C(S(=O)(=O)O)C=C1[C@@]2(C)CC[C@@]2(C)[C@@H]3C[C@](C)(C(=O)O)CC[C@]3(C)CC[C@]12C. The predicted octanol–water partition coefficient (Wildman–Crippen LogP) is 6.03. The predicted molar refractivity (Wildman–Crippen MR) is 140 cm³/mol. The van der Waals surface area contributed by atoms with Crippen molar-refractivity contribution < 1.29 is 33.1 Å². The van der Waals surface area contributed by atoms with Crippen LogP contribution in [-0.2, 0) is 20.3 Å². The van der Waals surface area contributed by atoms with Crippen LogP contribution in [0, 0.1) is 34.5 Å². The quantitative estimate of drug-likeness (QED) is 0.208. The highest BCUT2D eigenvalue weighted by molar-refractivity contribution is 7.86. The summed E-state index contributed by atoms with van der Waals surface area (Å²) in [7, 11) is -4.57. The van der Waals surface area contributed by atoms with Crippen LogP contribution in [-0.4, -0.2) is 34.3 Å². The van der Waals surface area contributed by atoms with Gasteiger partial charge in [-0.3, -0.25) is 9.35 Å². The van der Waals surface area contributed by atoms with E-state index < -0.39 is 37.6 Å². The van der Waals surface area contributed by atoms with Crippen LogP contribution in [0.3, 0.4) is 0 Å². The maximum Gasteiger partial charge on any atom is 0.309 e. The Kier molecular flexibility index (Phi) is 5.40. The molecule has 0 spiro atoms. The van der Waals surface area contributed by atoms with Crippen LogP contribution in [0.2, 0.25) is 0 Å². The maximum atomic E-state index is 12.8. The molecule has 0 bridgehead atoms. The standard InChI is InChI=1S/C29H40O7S/c1-16-22-17(13-18(30)23(16)31)27(4)10-12-29(6)21-15-26(3,24(32)33)8-7-25(21,2)9-11-28(29,5)20(27)14-19(22)37(34,35)36/h13-14,19,21,30-31H,7-12,15H2,1-6H3,(H,32,33)(H,34,35,36)/t19?,21-,25-,26-,27+,28-,29+/m1/s1. The maximum absolute atomic E-state index is 12.8. The molecule has 8 heteroatoms. The molecule has 0 heterocycles. The molecule has 1 unspecified atom stereocenters. The van der Waals surface area contributed by atoms with Crippen molar-refractivity contribution in [1.82, 2.24) is 0 Å². The average molecular weight is 533 g/mol. The van der Waals surface area contributed by atoms with Crippen molar-refractivity contribution in [3.63, 3.8) is 0 Å². The van der Waals surface area contributed by atoms with E-state index in [4.69, 9.17) is 0 Å². The molecule has 3 saturated carbocycles. The first-order valence-corrected chi connectivity index (χ1v) is 14.8. The van der Waals surface area contributed by atoms with Crippen LogP contribution in [0.25, 0.3) is 0 Å². The van der Waals surface area contributed by atoms with E-state index in [9.17, 15) is 33.1 Å².